The van der Waals surface area contributed by atoms with Crippen molar-refractivity contribution in [1.29, 1.82) is 0 Å². The second-order valence-corrected chi connectivity index (χ2v) is 4.48. The van der Waals surface area contributed by atoms with Crippen LogP contribution in [0.25, 0.3) is 0 Å². The highest BCUT2D eigenvalue weighted by Crippen LogP contribution is 2.42. The number of rotatable bonds is 2. The van der Waals surface area contributed by atoms with Gasteiger partial charge >= 0.3 is 0 Å². The molecule has 0 amide bonds. The third kappa shape index (κ3) is 2.14. The summed E-state index contributed by atoms with van der Waals surface area (Å²) in [6, 6.07) is 0. The van der Waals surface area contributed by atoms with E-state index in [1.807, 2.05) is 0 Å². The summed E-state index contributed by atoms with van der Waals surface area (Å²) in [7, 11) is 0. The molecule has 1 rings (SSSR count). The molecule has 0 aliphatic heterocycles. The highest BCUT2D eigenvalue weighted by Gasteiger charge is 2.32. The Bertz CT molecular complexity index is 219. The molecule has 0 heterocycles. The summed E-state index contributed by atoms with van der Waals surface area (Å²) >= 11 is 0. The minimum atomic E-state index is 0.181. The van der Waals surface area contributed by atoms with E-state index in [1.54, 1.807) is 0 Å². The van der Waals surface area contributed by atoms with Gasteiger partial charge in [0.05, 0.1) is 0 Å². The minimum Gasteiger partial charge on any atom is -0.120 e. The predicted octanol–water partition coefficient (Wildman–Crippen LogP) is 3.39. The van der Waals surface area contributed by atoms with Gasteiger partial charge in [-0.05, 0) is 45.4 Å². The molecule has 0 radical (unpaired) electrons. The molecule has 0 aromatic heterocycles. The third-order valence-corrected chi connectivity index (χ3v) is 2.83. The molecule has 0 aromatic rings. The summed E-state index contributed by atoms with van der Waals surface area (Å²) in [4.78, 5) is 0. The van der Waals surface area contributed by atoms with E-state index >= 15 is 0 Å². The molecule has 1 aliphatic carbocycles. The molecule has 0 nitrogen and oxygen atoms in total. The molecule has 0 bridgehead atoms. The molecule has 0 N–H and O–H groups in total. The van der Waals surface area contributed by atoms with Crippen molar-refractivity contribution in [3.63, 3.8) is 0 Å². The Morgan fingerprint density at radius 3 is 2.83 bits per heavy atom. The Hall–Kier alpha value is -0.700. The SMILES string of the molecule is C#CC1(C)CCC(CC(=C)C)C1. The maximum absolute atomic E-state index is 5.49. The van der Waals surface area contributed by atoms with E-state index in [1.165, 1.54) is 24.8 Å². The van der Waals surface area contributed by atoms with Gasteiger partial charge in [0.1, 0.15) is 0 Å². The molecule has 0 aromatic carbocycles. The van der Waals surface area contributed by atoms with Gasteiger partial charge in [-0.2, -0.15) is 0 Å². The average molecular weight is 162 g/mol. The first-order valence-corrected chi connectivity index (χ1v) is 4.68. The van der Waals surface area contributed by atoms with E-state index in [9.17, 15) is 0 Å². The van der Waals surface area contributed by atoms with Crippen LogP contribution in [0.4, 0.5) is 0 Å². The molecule has 66 valence electrons. The van der Waals surface area contributed by atoms with Crippen LogP contribution in [0.1, 0.15) is 39.5 Å². The van der Waals surface area contributed by atoms with Crippen molar-refractivity contribution in [2.24, 2.45) is 11.3 Å². The van der Waals surface area contributed by atoms with Crippen LogP contribution < -0.4 is 0 Å². The van der Waals surface area contributed by atoms with Crippen LogP contribution in [0.5, 0.6) is 0 Å². The molecule has 1 fully saturated rings. The Morgan fingerprint density at radius 2 is 2.42 bits per heavy atom. The van der Waals surface area contributed by atoms with Crippen molar-refractivity contribution in [1.82, 2.24) is 0 Å². The van der Waals surface area contributed by atoms with Gasteiger partial charge in [0.2, 0.25) is 0 Å². The van der Waals surface area contributed by atoms with Gasteiger partial charge in [0.15, 0.2) is 0 Å². The predicted molar refractivity (Wildman–Crippen MR) is 53.7 cm³/mol. The summed E-state index contributed by atoms with van der Waals surface area (Å²) < 4.78 is 0. The van der Waals surface area contributed by atoms with Crippen molar-refractivity contribution in [3.05, 3.63) is 12.2 Å². The van der Waals surface area contributed by atoms with Gasteiger partial charge in [0, 0.05) is 5.41 Å². The van der Waals surface area contributed by atoms with Gasteiger partial charge in [-0.25, -0.2) is 0 Å². The van der Waals surface area contributed by atoms with Crippen LogP contribution in [0, 0.1) is 23.7 Å². The summed E-state index contributed by atoms with van der Waals surface area (Å²) in [5, 5.41) is 0. The molecule has 2 unspecified atom stereocenters. The van der Waals surface area contributed by atoms with E-state index in [0.29, 0.717) is 0 Å². The molecule has 1 aliphatic rings. The fourth-order valence-corrected chi connectivity index (χ4v) is 2.16. The lowest BCUT2D eigenvalue weighted by molar-refractivity contribution is 0.432. The summed E-state index contributed by atoms with van der Waals surface area (Å²) in [5.74, 6) is 3.71. The zero-order valence-electron chi connectivity index (χ0n) is 8.19. The quantitative estimate of drug-likeness (QED) is 0.431. The van der Waals surface area contributed by atoms with E-state index < -0.39 is 0 Å². The largest absolute Gasteiger partial charge is 0.120 e. The Kier molecular flexibility index (Phi) is 2.62. The van der Waals surface area contributed by atoms with Crippen LogP contribution in [0.15, 0.2) is 12.2 Å². The number of allylic oxidation sites excluding steroid dienone is 1. The van der Waals surface area contributed by atoms with E-state index in [4.69, 9.17) is 6.42 Å². The fourth-order valence-electron chi connectivity index (χ4n) is 2.16. The molecule has 0 saturated heterocycles. The minimum absolute atomic E-state index is 0.181. The Labute approximate surface area is 76.1 Å². The second-order valence-electron chi connectivity index (χ2n) is 4.48. The lowest BCUT2D eigenvalue weighted by atomic mass is 9.88. The fraction of sp³-hybridized carbons (Fsp3) is 0.667. The summed E-state index contributed by atoms with van der Waals surface area (Å²) in [6.07, 6.45) is 10.3. The van der Waals surface area contributed by atoms with Gasteiger partial charge in [-0.1, -0.05) is 5.57 Å². The van der Waals surface area contributed by atoms with E-state index in [-0.39, 0.29) is 5.41 Å². The zero-order valence-corrected chi connectivity index (χ0v) is 8.19. The zero-order chi connectivity index (χ0) is 9.19. The highest BCUT2D eigenvalue weighted by atomic mass is 14.4. The number of terminal acetylenes is 1. The van der Waals surface area contributed by atoms with Crippen molar-refractivity contribution in [3.8, 4) is 12.3 Å². The molecule has 0 heteroatoms. The smallest absolute Gasteiger partial charge is 0.0286 e. The van der Waals surface area contributed by atoms with Gasteiger partial charge in [-0.15, -0.1) is 18.9 Å². The first-order chi connectivity index (χ1) is 5.56. The Morgan fingerprint density at radius 1 is 1.75 bits per heavy atom. The lowest BCUT2D eigenvalue weighted by Crippen LogP contribution is -2.08. The van der Waals surface area contributed by atoms with Crippen molar-refractivity contribution < 1.29 is 0 Å². The van der Waals surface area contributed by atoms with Crippen LogP contribution >= 0.6 is 0 Å². The second kappa shape index (κ2) is 3.35. The van der Waals surface area contributed by atoms with Gasteiger partial charge in [0.25, 0.3) is 0 Å². The summed E-state index contributed by atoms with van der Waals surface area (Å²) in [5.41, 5.74) is 1.47. The number of hydrogen-bond donors (Lipinski definition) is 0. The first-order valence-electron chi connectivity index (χ1n) is 4.68. The highest BCUT2D eigenvalue weighted by molar-refractivity contribution is 5.08. The molecular formula is C12H18. The molecular weight excluding hydrogens is 144 g/mol. The summed E-state index contributed by atoms with van der Waals surface area (Å²) in [6.45, 7) is 8.24. The average Bonchev–Trinajstić information content (AvgIpc) is 2.32. The van der Waals surface area contributed by atoms with Crippen LogP contribution in [-0.4, -0.2) is 0 Å². The van der Waals surface area contributed by atoms with Crippen molar-refractivity contribution >= 4 is 0 Å². The van der Waals surface area contributed by atoms with E-state index in [2.05, 4.69) is 26.3 Å². The third-order valence-electron chi connectivity index (χ3n) is 2.83. The molecule has 1 saturated carbocycles. The van der Waals surface area contributed by atoms with Gasteiger partial charge in [-0.3, -0.25) is 0 Å². The molecule has 12 heavy (non-hydrogen) atoms. The number of hydrogen-bond acceptors (Lipinski definition) is 0. The van der Waals surface area contributed by atoms with Crippen molar-refractivity contribution in [2.45, 2.75) is 39.5 Å². The topological polar surface area (TPSA) is 0 Å². The van der Waals surface area contributed by atoms with Gasteiger partial charge < -0.3 is 0 Å². The van der Waals surface area contributed by atoms with E-state index in [0.717, 1.165) is 12.3 Å². The Balaban J connectivity index is 2.47. The normalized spacial score (nSPS) is 34.6. The van der Waals surface area contributed by atoms with Crippen LogP contribution in [0.3, 0.4) is 0 Å². The van der Waals surface area contributed by atoms with Crippen molar-refractivity contribution in [2.75, 3.05) is 0 Å². The van der Waals surface area contributed by atoms with Crippen LogP contribution in [-0.2, 0) is 0 Å². The maximum atomic E-state index is 5.49. The molecule has 2 atom stereocenters. The standard InChI is InChI=1S/C12H18/c1-5-12(4)7-6-11(9-12)8-10(2)3/h1,11H,2,6-9H2,3-4H3. The maximum Gasteiger partial charge on any atom is 0.0286 e. The lowest BCUT2D eigenvalue weighted by Gasteiger charge is -2.16. The monoisotopic (exact) mass is 162 g/mol. The van der Waals surface area contributed by atoms with Crippen LogP contribution in [0.2, 0.25) is 0 Å². The molecule has 0 spiro atoms. The first kappa shape index (κ1) is 9.39.